The Morgan fingerprint density at radius 2 is 1.88 bits per heavy atom. The van der Waals surface area contributed by atoms with Crippen LogP contribution in [0.1, 0.15) is 15.9 Å². The molecule has 0 saturated heterocycles. The summed E-state index contributed by atoms with van der Waals surface area (Å²) in [5.41, 5.74) is 3.63. The van der Waals surface area contributed by atoms with Gasteiger partial charge in [-0.2, -0.15) is 5.10 Å². The number of carbonyl (C=O) groups is 2. The van der Waals surface area contributed by atoms with Gasteiger partial charge in [0, 0.05) is 9.13 Å². The van der Waals surface area contributed by atoms with Crippen LogP contribution in [0.4, 0.5) is 0 Å². The number of benzene rings is 2. The molecule has 0 aliphatic heterocycles. The van der Waals surface area contributed by atoms with Crippen LogP contribution in [0.3, 0.4) is 0 Å². The smallest absolute Gasteiger partial charge is 0.259 e. The molecule has 0 radical (unpaired) electrons. The minimum Gasteiger partial charge on any atom is -0.496 e. The van der Waals surface area contributed by atoms with E-state index in [0.29, 0.717) is 11.3 Å². The SMILES string of the molecule is COc1ccccc1/C=N/NC(=O)CNC(=O)c1ccccc1I. The van der Waals surface area contributed by atoms with Gasteiger partial charge in [-0.3, -0.25) is 9.59 Å². The number of hydrogen-bond donors (Lipinski definition) is 2. The molecule has 0 unspecified atom stereocenters. The maximum atomic E-state index is 12.0. The van der Waals surface area contributed by atoms with Gasteiger partial charge in [-0.25, -0.2) is 5.43 Å². The Morgan fingerprint density at radius 1 is 1.17 bits per heavy atom. The van der Waals surface area contributed by atoms with Crippen LogP contribution < -0.4 is 15.5 Å². The Morgan fingerprint density at radius 3 is 2.62 bits per heavy atom. The van der Waals surface area contributed by atoms with E-state index in [4.69, 9.17) is 4.74 Å². The highest BCUT2D eigenvalue weighted by atomic mass is 127. The highest BCUT2D eigenvalue weighted by Gasteiger charge is 2.10. The molecule has 0 fully saturated rings. The van der Waals surface area contributed by atoms with Crippen molar-refractivity contribution in [3.8, 4) is 5.75 Å². The molecule has 2 rings (SSSR count). The average Bonchev–Trinajstić information content (AvgIpc) is 2.60. The minimum atomic E-state index is -0.416. The maximum Gasteiger partial charge on any atom is 0.259 e. The first-order chi connectivity index (χ1) is 11.6. The molecule has 0 aliphatic rings. The van der Waals surface area contributed by atoms with Crippen molar-refractivity contribution in [2.45, 2.75) is 0 Å². The zero-order valence-electron chi connectivity index (χ0n) is 13.0. The topological polar surface area (TPSA) is 79.8 Å². The van der Waals surface area contributed by atoms with Crippen LogP contribution in [0, 0.1) is 3.57 Å². The zero-order chi connectivity index (χ0) is 17.4. The summed E-state index contributed by atoms with van der Waals surface area (Å²) in [5.74, 6) is -0.0632. The first-order valence-electron chi connectivity index (χ1n) is 7.09. The first-order valence-corrected chi connectivity index (χ1v) is 8.17. The Hall–Kier alpha value is -2.42. The number of carbonyl (C=O) groups excluding carboxylic acids is 2. The standard InChI is InChI=1S/C17H16IN3O3/c1-24-15-9-5-2-6-12(15)10-20-21-16(22)11-19-17(23)13-7-3-4-8-14(13)18/h2-10H,11H2,1H3,(H,19,23)(H,21,22)/b20-10+. The van der Waals surface area contributed by atoms with Crippen molar-refractivity contribution in [2.24, 2.45) is 5.10 Å². The molecule has 2 aromatic carbocycles. The lowest BCUT2D eigenvalue weighted by Crippen LogP contribution is -2.35. The summed E-state index contributed by atoms with van der Waals surface area (Å²) in [7, 11) is 1.56. The van der Waals surface area contributed by atoms with Crippen molar-refractivity contribution in [3.63, 3.8) is 0 Å². The predicted octanol–water partition coefficient (Wildman–Crippen LogP) is 2.18. The van der Waals surface area contributed by atoms with Crippen LogP contribution in [-0.2, 0) is 4.79 Å². The molecule has 0 saturated carbocycles. The number of para-hydroxylation sites is 1. The molecule has 0 heterocycles. The lowest BCUT2D eigenvalue weighted by atomic mass is 10.2. The van der Waals surface area contributed by atoms with Crippen LogP contribution in [0.5, 0.6) is 5.75 Å². The van der Waals surface area contributed by atoms with Gasteiger partial charge in [0.1, 0.15) is 5.75 Å². The molecule has 6 nitrogen and oxygen atoms in total. The van der Waals surface area contributed by atoms with E-state index in [9.17, 15) is 9.59 Å². The van der Waals surface area contributed by atoms with Crippen molar-refractivity contribution in [1.82, 2.24) is 10.7 Å². The first kappa shape index (κ1) is 17.9. The van der Waals surface area contributed by atoms with Gasteiger partial charge in [0.15, 0.2) is 0 Å². The van der Waals surface area contributed by atoms with Crippen molar-refractivity contribution >= 4 is 40.6 Å². The summed E-state index contributed by atoms with van der Waals surface area (Å²) >= 11 is 2.07. The molecule has 0 bridgehead atoms. The van der Waals surface area contributed by atoms with Gasteiger partial charge in [-0.1, -0.05) is 24.3 Å². The van der Waals surface area contributed by atoms with Gasteiger partial charge in [0.2, 0.25) is 0 Å². The number of hydrazone groups is 1. The van der Waals surface area contributed by atoms with Crippen LogP contribution >= 0.6 is 22.6 Å². The van der Waals surface area contributed by atoms with Crippen LogP contribution in [0.25, 0.3) is 0 Å². The van der Waals surface area contributed by atoms with Crippen molar-refractivity contribution in [2.75, 3.05) is 13.7 Å². The monoisotopic (exact) mass is 437 g/mol. The summed E-state index contributed by atoms with van der Waals surface area (Å²) in [5, 5.41) is 6.42. The second-order valence-electron chi connectivity index (χ2n) is 4.70. The maximum absolute atomic E-state index is 12.0. The van der Waals surface area contributed by atoms with Gasteiger partial charge in [0.05, 0.1) is 25.4 Å². The fourth-order valence-corrected chi connectivity index (χ4v) is 2.52. The summed E-state index contributed by atoms with van der Waals surface area (Å²) in [6.45, 7) is -0.160. The molecule has 24 heavy (non-hydrogen) atoms. The molecule has 124 valence electrons. The lowest BCUT2D eigenvalue weighted by molar-refractivity contribution is -0.120. The minimum absolute atomic E-state index is 0.160. The lowest BCUT2D eigenvalue weighted by Gasteiger charge is -2.06. The van der Waals surface area contributed by atoms with E-state index >= 15 is 0 Å². The Kier molecular flexibility index (Phi) is 6.74. The number of methoxy groups -OCH3 is 1. The predicted molar refractivity (Wildman–Crippen MR) is 100 cm³/mol. The van der Waals surface area contributed by atoms with Crippen LogP contribution in [-0.4, -0.2) is 31.7 Å². The molecule has 0 aliphatic carbocycles. The van der Waals surface area contributed by atoms with Crippen molar-refractivity contribution in [1.29, 1.82) is 0 Å². The molecule has 2 amide bonds. The number of rotatable bonds is 6. The second kappa shape index (κ2) is 9.02. The number of ether oxygens (including phenoxy) is 1. The second-order valence-corrected chi connectivity index (χ2v) is 5.86. The molecule has 2 aromatic rings. The molecular weight excluding hydrogens is 421 g/mol. The van der Waals surface area contributed by atoms with Gasteiger partial charge in [-0.05, 0) is 46.9 Å². The molecular formula is C17H16IN3O3. The Bertz CT molecular complexity index is 762. The number of amides is 2. The van der Waals surface area contributed by atoms with Gasteiger partial charge >= 0.3 is 0 Å². The summed E-state index contributed by atoms with van der Waals surface area (Å²) in [6.07, 6.45) is 1.48. The average molecular weight is 437 g/mol. The molecule has 0 atom stereocenters. The van der Waals surface area contributed by atoms with E-state index in [1.807, 2.05) is 30.3 Å². The van der Waals surface area contributed by atoms with Crippen molar-refractivity contribution in [3.05, 3.63) is 63.2 Å². The molecule has 0 spiro atoms. The summed E-state index contributed by atoms with van der Waals surface area (Å²) < 4.78 is 6.00. The molecule has 2 N–H and O–H groups in total. The van der Waals surface area contributed by atoms with E-state index in [1.54, 1.807) is 25.3 Å². The van der Waals surface area contributed by atoms with Crippen LogP contribution in [0.15, 0.2) is 53.6 Å². The fraction of sp³-hybridized carbons (Fsp3) is 0.118. The summed E-state index contributed by atoms with van der Waals surface area (Å²) in [4.78, 5) is 23.7. The number of hydrogen-bond acceptors (Lipinski definition) is 4. The number of nitrogens with one attached hydrogen (secondary N) is 2. The van der Waals surface area contributed by atoms with Crippen molar-refractivity contribution < 1.29 is 14.3 Å². The zero-order valence-corrected chi connectivity index (χ0v) is 15.1. The van der Waals surface area contributed by atoms with Gasteiger partial charge in [-0.15, -0.1) is 0 Å². The fourth-order valence-electron chi connectivity index (χ4n) is 1.89. The van der Waals surface area contributed by atoms with Crippen LogP contribution in [0.2, 0.25) is 0 Å². The third-order valence-corrected chi connectivity index (χ3v) is 4.00. The van der Waals surface area contributed by atoms with Gasteiger partial charge < -0.3 is 10.1 Å². The summed E-state index contributed by atoms with van der Waals surface area (Å²) in [6, 6.07) is 14.4. The van der Waals surface area contributed by atoms with E-state index in [1.165, 1.54) is 6.21 Å². The highest BCUT2D eigenvalue weighted by molar-refractivity contribution is 14.1. The molecule has 0 aromatic heterocycles. The molecule has 7 heteroatoms. The Labute approximate surface area is 153 Å². The van der Waals surface area contributed by atoms with E-state index in [-0.39, 0.29) is 12.5 Å². The Balaban J connectivity index is 1.84. The quantitative estimate of drug-likeness (QED) is 0.413. The van der Waals surface area contributed by atoms with E-state index < -0.39 is 5.91 Å². The highest BCUT2D eigenvalue weighted by Crippen LogP contribution is 2.14. The normalized spacial score (nSPS) is 10.4. The third-order valence-electron chi connectivity index (χ3n) is 3.06. The van der Waals surface area contributed by atoms with E-state index in [2.05, 4.69) is 38.4 Å². The largest absolute Gasteiger partial charge is 0.496 e. The number of nitrogens with zero attached hydrogens (tertiary/aromatic N) is 1. The number of halogens is 1. The van der Waals surface area contributed by atoms with Gasteiger partial charge in [0.25, 0.3) is 11.8 Å². The van der Waals surface area contributed by atoms with E-state index in [0.717, 1.165) is 9.13 Å². The third kappa shape index (κ3) is 5.05.